The predicted octanol–water partition coefficient (Wildman–Crippen LogP) is -0.609. The van der Waals surface area contributed by atoms with E-state index in [1.807, 2.05) is 0 Å². The van der Waals surface area contributed by atoms with Gasteiger partial charge in [0.2, 0.25) is 5.91 Å². The van der Waals surface area contributed by atoms with Crippen LogP contribution in [-0.2, 0) is 14.4 Å². The third-order valence-corrected chi connectivity index (χ3v) is 2.31. The Morgan fingerprint density at radius 2 is 1.67 bits per heavy atom. The molecule has 0 aliphatic carbocycles. The summed E-state index contributed by atoms with van der Waals surface area (Å²) in [5, 5.41) is 12.8. The normalized spacial score (nSPS) is 9.57. The number of carboxylic acid groups (broad SMARTS) is 1. The quantitative estimate of drug-likeness (QED) is 0.590. The molecule has 114 valence electrons. The molecule has 21 heavy (non-hydrogen) atoms. The monoisotopic (exact) mass is 296 g/mol. The van der Waals surface area contributed by atoms with Gasteiger partial charge in [-0.15, -0.1) is 0 Å². The Labute approximate surface area is 121 Å². The molecule has 0 saturated heterocycles. The Balaban J connectivity index is 2.31. The van der Waals surface area contributed by atoms with Crippen molar-refractivity contribution in [1.82, 2.24) is 10.6 Å². The number of carbonyl (C=O) groups is 3. The van der Waals surface area contributed by atoms with E-state index < -0.39 is 24.3 Å². The van der Waals surface area contributed by atoms with Gasteiger partial charge in [0.1, 0.15) is 6.54 Å². The summed E-state index contributed by atoms with van der Waals surface area (Å²) < 4.78 is 10.3. The lowest BCUT2D eigenvalue weighted by Gasteiger charge is -2.10. The topological polar surface area (TPSA) is 114 Å². The molecule has 2 amide bonds. The van der Waals surface area contributed by atoms with Gasteiger partial charge in [-0.3, -0.25) is 14.4 Å². The zero-order chi connectivity index (χ0) is 15.7. The van der Waals surface area contributed by atoms with Gasteiger partial charge in [0.15, 0.2) is 18.1 Å². The second-order valence-electron chi connectivity index (χ2n) is 3.89. The maximum Gasteiger partial charge on any atom is 0.322 e. The Bertz CT molecular complexity index is 517. The fourth-order valence-corrected chi connectivity index (χ4v) is 1.35. The van der Waals surface area contributed by atoms with Crippen molar-refractivity contribution in [3.63, 3.8) is 0 Å². The molecule has 0 aromatic heterocycles. The van der Waals surface area contributed by atoms with Gasteiger partial charge < -0.3 is 25.2 Å². The molecule has 8 nitrogen and oxygen atoms in total. The third-order valence-electron chi connectivity index (χ3n) is 2.31. The van der Waals surface area contributed by atoms with Crippen LogP contribution in [0.1, 0.15) is 0 Å². The zero-order valence-electron chi connectivity index (χ0n) is 11.4. The molecule has 0 bridgehead atoms. The molecule has 0 aliphatic rings. The molecule has 1 aromatic carbocycles. The average Bonchev–Trinajstić information content (AvgIpc) is 2.49. The number of para-hydroxylation sites is 2. The number of methoxy groups -OCH3 is 1. The van der Waals surface area contributed by atoms with Crippen LogP contribution in [0.3, 0.4) is 0 Å². The molecule has 0 radical (unpaired) electrons. The summed E-state index contributed by atoms with van der Waals surface area (Å²) in [4.78, 5) is 32.9. The Morgan fingerprint density at radius 3 is 2.29 bits per heavy atom. The third kappa shape index (κ3) is 6.28. The number of aliphatic carboxylic acids is 1. The number of hydrogen-bond acceptors (Lipinski definition) is 5. The lowest BCUT2D eigenvalue weighted by molar-refractivity contribution is -0.137. The number of carbonyl (C=O) groups excluding carboxylic acids is 2. The zero-order valence-corrected chi connectivity index (χ0v) is 11.4. The molecule has 0 aliphatic heterocycles. The smallest absolute Gasteiger partial charge is 0.322 e. The summed E-state index contributed by atoms with van der Waals surface area (Å²) >= 11 is 0. The molecule has 0 fully saturated rings. The van der Waals surface area contributed by atoms with Crippen molar-refractivity contribution >= 4 is 17.8 Å². The summed E-state index contributed by atoms with van der Waals surface area (Å²) in [5.41, 5.74) is 0. The van der Waals surface area contributed by atoms with Gasteiger partial charge in [0, 0.05) is 0 Å². The van der Waals surface area contributed by atoms with Crippen LogP contribution in [0.4, 0.5) is 0 Å². The first-order chi connectivity index (χ1) is 10.0. The second kappa shape index (κ2) is 8.41. The van der Waals surface area contributed by atoms with Crippen LogP contribution in [0, 0.1) is 0 Å². The van der Waals surface area contributed by atoms with E-state index in [1.165, 1.54) is 7.11 Å². The minimum Gasteiger partial charge on any atom is -0.493 e. The summed E-state index contributed by atoms with van der Waals surface area (Å²) in [6.07, 6.45) is 0. The number of rotatable bonds is 8. The SMILES string of the molecule is COc1ccccc1OCC(=O)NCC(=O)NCC(=O)O. The average molecular weight is 296 g/mol. The summed E-state index contributed by atoms with van der Waals surface area (Å²) in [5.74, 6) is -1.36. The standard InChI is InChI=1S/C13H16N2O6/c1-20-9-4-2-3-5-10(9)21-8-12(17)14-6-11(16)15-7-13(18)19/h2-5H,6-8H2,1H3,(H,14,17)(H,15,16)(H,18,19). The first kappa shape index (κ1) is 16.3. The van der Waals surface area contributed by atoms with E-state index in [0.29, 0.717) is 11.5 Å². The summed E-state index contributed by atoms with van der Waals surface area (Å²) in [7, 11) is 1.48. The van der Waals surface area contributed by atoms with Crippen molar-refractivity contribution in [3.8, 4) is 11.5 Å². The van der Waals surface area contributed by atoms with E-state index in [4.69, 9.17) is 14.6 Å². The maximum atomic E-state index is 11.5. The van der Waals surface area contributed by atoms with Gasteiger partial charge in [0.25, 0.3) is 5.91 Å². The van der Waals surface area contributed by atoms with Crippen molar-refractivity contribution in [3.05, 3.63) is 24.3 Å². The molecular weight excluding hydrogens is 280 g/mol. The molecule has 0 spiro atoms. The molecule has 0 heterocycles. The molecule has 8 heteroatoms. The number of ether oxygens (including phenoxy) is 2. The molecular formula is C13H16N2O6. The van der Waals surface area contributed by atoms with Gasteiger partial charge in [-0.2, -0.15) is 0 Å². The molecule has 3 N–H and O–H groups in total. The Morgan fingerprint density at radius 1 is 1.05 bits per heavy atom. The minimum absolute atomic E-state index is 0.285. The summed E-state index contributed by atoms with van der Waals surface area (Å²) in [6.45, 7) is -1.10. The van der Waals surface area contributed by atoms with Crippen LogP contribution in [0.15, 0.2) is 24.3 Å². The van der Waals surface area contributed by atoms with Gasteiger partial charge in [-0.1, -0.05) is 12.1 Å². The number of nitrogens with one attached hydrogen (secondary N) is 2. The molecule has 0 saturated carbocycles. The molecule has 0 atom stereocenters. The van der Waals surface area contributed by atoms with Gasteiger partial charge in [-0.05, 0) is 12.1 Å². The summed E-state index contributed by atoms with van der Waals surface area (Å²) in [6, 6.07) is 6.83. The van der Waals surface area contributed by atoms with E-state index >= 15 is 0 Å². The van der Waals surface area contributed by atoms with Crippen LogP contribution in [-0.4, -0.2) is 49.7 Å². The van der Waals surface area contributed by atoms with E-state index in [1.54, 1.807) is 24.3 Å². The minimum atomic E-state index is -1.16. The maximum absolute atomic E-state index is 11.5. The molecule has 1 rings (SSSR count). The predicted molar refractivity (Wildman–Crippen MR) is 72.1 cm³/mol. The lowest BCUT2D eigenvalue weighted by atomic mass is 10.3. The van der Waals surface area contributed by atoms with Crippen molar-refractivity contribution in [1.29, 1.82) is 0 Å². The first-order valence-electron chi connectivity index (χ1n) is 6.04. The van der Waals surface area contributed by atoms with Crippen molar-refractivity contribution in [2.24, 2.45) is 0 Å². The highest BCUT2D eigenvalue weighted by Gasteiger charge is 2.09. The van der Waals surface area contributed by atoms with E-state index in [-0.39, 0.29) is 13.2 Å². The number of amides is 2. The lowest BCUT2D eigenvalue weighted by Crippen LogP contribution is -2.40. The fraction of sp³-hybridized carbons (Fsp3) is 0.308. The number of hydrogen-bond donors (Lipinski definition) is 3. The molecule has 0 unspecified atom stereocenters. The number of carboxylic acids is 1. The van der Waals surface area contributed by atoms with Gasteiger partial charge in [-0.25, -0.2) is 0 Å². The van der Waals surface area contributed by atoms with Gasteiger partial charge >= 0.3 is 5.97 Å². The fourth-order valence-electron chi connectivity index (χ4n) is 1.35. The van der Waals surface area contributed by atoms with Crippen molar-refractivity contribution in [2.45, 2.75) is 0 Å². The van der Waals surface area contributed by atoms with Crippen LogP contribution >= 0.6 is 0 Å². The molecule has 1 aromatic rings. The van der Waals surface area contributed by atoms with Crippen molar-refractivity contribution < 1.29 is 29.0 Å². The highest BCUT2D eigenvalue weighted by Crippen LogP contribution is 2.25. The highest BCUT2D eigenvalue weighted by atomic mass is 16.5. The van der Waals surface area contributed by atoms with E-state index in [0.717, 1.165) is 0 Å². The van der Waals surface area contributed by atoms with E-state index in [9.17, 15) is 14.4 Å². The van der Waals surface area contributed by atoms with Crippen LogP contribution < -0.4 is 20.1 Å². The highest BCUT2D eigenvalue weighted by molar-refractivity contribution is 5.87. The van der Waals surface area contributed by atoms with Gasteiger partial charge in [0.05, 0.1) is 13.7 Å². The van der Waals surface area contributed by atoms with E-state index in [2.05, 4.69) is 10.6 Å². The van der Waals surface area contributed by atoms with Crippen LogP contribution in [0.5, 0.6) is 11.5 Å². The van der Waals surface area contributed by atoms with Crippen LogP contribution in [0.25, 0.3) is 0 Å². The Hall–Kier alpha value is -2.77. The largest absolute Gasteiger partial charge is 0.493 e. The second-order valence-corrected chi connectivity index (χ2v) is 3.89. The van der Waals surface area contributed by atoms with Crippen molar-refractivity contribution in [2.75, 3.05) is 26.8 Å². The Kier molecular flexibility index (Phi) is 6.52. The first-order valence-corrected chi connectivity index (χ1v) is 6.04. The van der Waals surface area contributed by atoms with Crippen LogP contribution in [0.2, 0.25) is 0 Å². The number of benzene rings is 1.